The summed E-state index contributed by atoms with van der Waals surface area (Å²) in [6, 6.07) is 7.97. The molecule has 1 aromatic heterocycles. The molecule has 0 saturated heterocycles. The van der Waals surface area contributed by atoms with Crippen molar-refractivity contribution in [1.29, 1.82) is 0 Å². The van der Waals surface area contributed by atoms with Gasteiger partial charge in [-0.05, 0) is 18.6 Å². The van der Waals surface area contributed by atoms with Gasteiger partial charge in [0, 0.05) is 23.3 Å². The van der Waals surface area contributed by atoms with E-state index in [4.69, 9.17) is 9.84 Å². The van der Waals surface area contributed by atoms with Crippen molar-refractivity contribution >= 4 is 11.3 Å². The zero-order chi connectivity index (χ0) is 14.9. The highest BCUT2D eigenvalue weighted by Gasteiger charge is 2.02. The minimum Gasteiger partial charge on any atom is -0.395 e. The fraction of sp³-hybridized carbons (Fsp3) is 0.353. The lowest BCUT2D eigenvalue weighted by Gasteiger charge is -2.06. The Kier molecular flexibility index (Phi) is 6.42. The van der Waals surface area contributed by atoms with E-state index in [1.54, 1.807) is 11.3 Å². The lowest BCUT2D eigenvalue weighted by molar-refractivity contribution is 0.124. The minimum atomic E-state index is 0.0971. The van der Waals surface area contributed by atoms with Gasteiger partial charge in [0.05, 0.1) is 31.0 Å². The SMILES string of the molecule is Cc1ncsc1CCOCc1ccccc1C#CCCO. The zero-order valence-electron chi connectivity index (χ0n) is 12.1. The molecule has 0 aliphatic rings. The Hall–Kier alpha value is -1.67. The van der Waals surface area contributed by atoms with Gasteiger partial charge in [0.15, 0.2) is 0 Å². The Labute approximate surface area is 129 Å². The van der Waals surface area contributed by atoms with Crippen molar-refractivity contribution < 1.29 is 9.84 Å². The molecule has 0 aliphatic carbocycles. The van der Waals surface area contributed by atoms with Crippen LogP contribution in [0.4, 0.5) is 0 Å². The number of aromatic nitrogens is 1. The van der Waals surface area contributed by atoms with E-state index in [2.05, 4.69) is 16.8 Å². The van der Waals surface area contributed by atoms with Crippen LogP contribution in [-0.2, 0) is 17.8 Å². The van der Waals surface area contributed by atoms with Crippen LogP contribution in [0.3, 0.4) is 0 Å². The Morgan fingerprint density at radius 3 is 2.95 bits per heavy atom. The Morgan fingerprint density at radius 1 is 1.33 bits per heavy atom. The van der Waals surface area contributed by atoms with E-state index in [0.29, 0.717) is 19.6 Å². The number of benzene rings is 1. The summed E-state index contributed by atoms with van der Waals surface area (Å²) in [5.41, 5.74) is 5.03. The lowest BCUT2D eigenvalue weighted by Crippen LogP contribution is -2.00. The molecule has 21 heavy (non-hydrogen) atoms. The van der Waals surface area contributed by atoms with E-state index in [9.17, 15) is 0 Å². The first-order valence-corrected chi connectivity index (χ1v) is 7.83. The lowest BCUT2D eigenvalue weighted by atomic mass is 10.1. The summed E-state index contributed by atoms with van der Waals surface area (Å²) in [5.74, 6) is 6.03. The number of aliphatic hydroxyl groups is 1. The molecule has 2 aromatic rings. The van der Waals surface area contributed by atoms with Crippen LogP contribution in [0.15, 0.2) is 29.8 Å². The molecule has 3 nitrogen and oxygen atoms in total. The van der Waals surface area contributed by atoms with Crippen LogP contribution in [0.5, 0.6) is 0 Å². The fourth-order valence-corrected chi connectivity index (χ4v) is 2.66. The predicted molar refractivity (Wildman–Crippen MR) is 85.2 cm³/mol. The number of aryl methyl sites for hydroxylation is 1. The average Bonchev–Trinajstić information content (AvgIpc) is 2.91. The van der Waals surface area contributed by atoms with Gasteiger partial charge in [-0.3, -0.25) is 0 Å². The van der Waals surface area contributed by atoms with Crippen molar-refractivity contribution in [2.24, 2.45) is 0 Å². The van der Waals surface area contributed by atoms with Gasteiger partial charge in [0.25, 0.3) is 0 Å². The highest BCUT2D eigenvalue weighted by atomic mass is 32.1. The van der Waals surface area contributed by atoms with Crippen LogP contribution < -0.4 is 0 Å². The molecule has 110 valence electrons. The largest absolute Gasteiger partial charge is 0.395 e. The van der Waals surface area contributed by atoms with Gasteiger partial charge in [-0.1, -0.05) is 30.0 Å². The first-order chi connectivity index (χ1) is 10.3. The third kappa shape index (κ3) is 4.98. The van der Waals surface area contributed by atoms with E-state index >= 15 is 0 Å². The monoisotopic (exact) mass is 301 g/mol. The van der Waals surface area contributed by atoms with Crippen LogP contribution in [0.1, 0.15) is 28.1 Å². The molecule has 0 unspecified atom stereocenters. The van der Waals surface area contributed by atoms with Crippen molar-refractivity contribution in [2.75, 3.05) is 13.2 Å². The summed E-state index contributed by atoms with van der Waals surface area (Å²) >= 11 is 1.68. The number of hydrogen-bond acceptors (Lipinski definition) is 4. The summed E-state index contributed by atoms with van der Waals surface area (Å²) < 4.78 is 5.76. The van der Waals surface area contributed by atoms with Gasteiger partial charge >= 0.3 is 0 Å². The summed E-state index contributed by atoms with van der Waals surface area (Å²) in [6.45, 7) is 3.36. The third-order valence-corrected chi connectivity index (χ3v) is 4.05. The topological polar surface area (TPSA) is 42.4 Å². The van der Waals surface area contributed by atoms with E-state index in [-0.39, 0.29) is 6.61 Å². The highest BCUT2D eigenvalue weighted by Crippen LogP contribution is 2.14. The molecular formula is C17H19NO2S. The van der Waals surface area contributed by atoms with Gasteiger partial charge in [-0.15, -0.1) is 11.3 Å². The Balaban J connectivity index is 1.86. The summed E-state index contributed by atoms with van der Waals surface area (Å²) in [4.78, 5) is 5.52. The quantitative estimate of drug-likeness (QED) is 0.659. The maximum atomic E-state index is 8.77. The average molecular weight is 301 g/mol. The first kappa shape index (κ1) is 15.7. The Morgan fingerprint density at radius 2 is 2.19 bits per heavy atom. The van der Waals surface area contributed by atoms with Crippen molar-refractivity contribution in [3.63, 3.8) is 0 Å². The summed E-state index contributed by atoms with van der Waals surface area (Å²) in [7, 11) is 0. The van der Waals surface area contributed by atoms with Crippen molar-refractivity contribution in [2.45, 2.75) is 26.4 Å². The van der Waals surface area contributed by atoms with Crippen LogP contribution in [0, 0.1) is 18.8 Å². The molecule has 1 heterocycles. The van der Waals surface area contributed by atoms with Crippen molar-refractivity contribution in [3.8, 4) is 11.8 Å². The number of hydrogen-bond donors (Lipinski definition) is 1. The highest BCUT2D eigenvalue weighted by molar-refractivity contribution is 7.09. The van der Waals surface area contributed by atoms with Gasteiger partial charge in [-0.25, -0.2) is 4.98 Å². The van der Waals surface area contributed by atoms with Crippen LogP contribution >= 0.6 is 11.3 Å². The molecule has 0 fully saturated rings. The number of aliphatic hydroxyl groups excluding tert-OH is 1. The molecular weight excluding hydrogens is 282 g/mol. The minimum absolute atomic E-state index is 0.0971. The van der Waals surface area contributed by atoms with Crippen molar-refractivity contribution in [3.05, 3.63) is 51.5 Å². The molecule has 2 rings (SSSR count). The molecule has 0 bridgehead atoms. The van der Waals surface area contributed by atoms with Crippen LogP contribution in [0.2, 0.25) is 0 Å². The number of thiazole rings is 1. The number of ether oxygens (including phenoxy) is 1. The molecule has 0 atom stereocenters. The summed E-state index contributed by atoms with van der Waals surface area (Å²) in [6.07, 6.45) is 1.40. The number of nitrogens with zero attached hydrogens (tertiary/aromatic N) is 1. The molecule has 0 spiro atoms. The zero-order valence-corrected chi connectivity index (χ0v) is 12.9. The Bertz CT molecular complexity index is 625. The maximum Gasteiger partial charge on any atom is 0.0797 e. The molecule has 0 aliphatic heterocycles. The van der Waals surface area contributed by atoms with E-state index in [0.717, 1.165) is 23.2 Å². The van der Waals surface area contributed by atoms with Crippen molar-refractivity contribution in [1.82, 2.24) is 4.98 Å². The van der Waals surface area contributed by atoms with E-state index in [1.165, 1.54) is 4.88 Å². The number of rotatable bonds is 6. The standard InChI is InChI=1S/C17H19NO2S/c1-14-17(21-13-18-14)9-11-20-12-16-8-3-2-6-15(16)7-4-5-10-19/h2-3,6,8,13,19H,5,9-12H2,1H3. The normalized spacial score (nSPS) is 10.2. The van der Waals surface area contributed by atoms with Gasteiger partial charge in [-0.2, -0.15) is 0 Å². The maximum absolute atomic E-state index is 8.77. The van der Waals surface area contributed by atoms with Gasteiger partial charge in [0.1, 0.15) is 0 Å². The third-order valence-electron chi connectivity index (χ3n) is 3.05. The summed E-state index contributed by atoms with van der Waals surface area (Å²) in [5, 5.41) is 8.77. The van der Waals surface area contributed by atoms with E-state index < -0.39 is 0 Å². The molecule has 0 saturated carbocycles. The van der Waals surface area contributed by atoms with Gasteiger partial charge in [0.2, 0.25) is 0 Å². The fourth-order valence-electron chi connectivity index (χ4n) is 1.89. The van der Waals surface area contributed by atoms with E-state index in [1.807, 2.05) is 36.7 Å². The molecule has 0 radical (unpaired) electrons. The predicted octanol–water partition coefficient (Wildman–Crippen LogP) is 2.94. The first-order valence-electron chi connectivity index (χ1n) is 6.95. The molecule has 1 N–H and O–H groups in total. The van der Waals surface area contributed by atoms with Gasteiger partial charge < -0.3 is 9.84 Å². The second-order valence-corrected chi connectivity index (χ2v) is 5.54. The second-order valence-electron chi connectivity index (χ2n) is 4.60. The van der Waals surface area contributed by atoms with Crippen LogP contribution in [0.25, 0.3) is 0 Å². The molecule has 1 aromatic carbocycles. The van der Waals surface area contributed by atoms with Crippen LogP contribution in [-0.4, -0.2) is 23.3 Å². The molecule has 4 heteroatoms. The molecule has 0 amide bonds. The smallest absolute Gasteiger partial charge is 0.0797 e. The second kappa shape index (κ2) is 8.58.